The lowest BCUT2D eigenvalue weighted by atomic mass is 10.2. The molecule has 0 aliphatic heterocycles. The molecule has 0 aliphatic rings. The third-order valence-electron chi connectivity index (χ3n) is 3.78. The van der Waals surface area contributed by atoms with Crippen LogP contribution in [0.25, 0.3) is 5.69 Å². The van der Waals surface area contributed by atoms with Crippen LogP contribution in [0.3, 0.4) is 0 Å². The fourth-order valence-corrected chi connectivity index (χ4v) is 3.25. The Morgan fingerprint density at radius 1 is 1.15 bits per heavy atom. The van der Waals surface area contributed by atoms with Gasteiger partial charge in [0.25, 0.3) is 5.91 Å². The molecule has 0 bridgehead atoms. The number of halogens is 1. The molecule has 3 rings (SSSR count). The zero-order valence-electron chi connectivity index (χ0n) is 14.3. The Kier molecular flexibility index (Phi) is 5.54. The molecule has 0 radical (unpaired) electrons. The second-order valence-electron chi connectivity index (χ2n) is 5.53. The van der Waals surface area contributed by atoms with E-state index in [1.54, 1.807) is 36.4 Å². The van der Waals surface area contributed by atoms with E-state index in [1.807, 2.05) is 0 Å². The van der Waals surface area contributed by atoms with E-state index < -0.39 is 15.9 Å². The summed E-state index contributed by atoms with van der Waals surface area (Å²) in [5.74, 6) is -0.403. The molecule has 1 aromatic heterocycles. The lowest BCUT2D eigenvalue weighted by Gasteiger charge is -2.06. The highest BCUT2D eigenvalue weighted by Crippen LogP contribution is 2.18. The molecule has 140 valence electrons. The van der Waals surface area contributed by atoms with Crippen molar-refractivity contribution in [3.8, 4) is 5.69 Å². The number of aromatic nitrogens is 3. The van der Waals surface area contributed by atoms with Gasteiger partial charge in [-0.15, -0.1) is 5.10 Å². The van der Waals surface area contributed by atoms with Gasteiger partial charge < -0.3 is 5.32 Å². The van der Waals surface area contributed by atoms with E-state index in [2.05, 4.69) is 20.4 Å². The van der Waals surface area contributed by atoms with Gasteiger partial charge in [0.15, 0.2) is 5.69 Å². The van der Waals surface area contributed by atoms with Crippen molar-refractivity contribution in [3.05, 3.63) is 71.0 Å². The minimum Gasteiger partial charge on any atom is -0.347 e. The fourth-order valence-electron chi connectivity index (χ4n) is 2.30. The van der Waals surface area contributed by atoms with Crippen LogP contribution in [0.4, 0.5) is 0 Å². The minimum absolute atomic E-state index is 0.143. The van der Waals surface area contributed by atoms with Gasteiger partial charge in [0, 0.05) is 6.54 Å². The van der Waals surface area contributed by atoms with Crippen molar-refractivity contribution in [2.75, 3.05) is 7.05 Å². The predicted molar refractivity (Wildman–Crippen MR) is 100 cm³/mol. The average Bonchev–Trinajstić information content (AvgIpc) is 3.17. The number of sulfonamides is 1. The molecule has 2 N–H and O–H groups in total. The maximum absolute atomic E-state index is 12.3. The van der Waals surface area contributed by atoms with Crippen molar-refractivity contribution in [1.29, 1.82) is 0 Å². The van der Waals surface area contributed by atoms with Crippen LogP contribution < -0.4 is 10.0 Å². The maximum atomic E-state index is 12.3. The summed E-state index contributed by atoms with van der Waals surface area (Å²) in [6, 6.07) is 13.3. The maximum Gasteiger partial charge on any atom is 0.273 e. The summed E-state index contributed by atoms with van der Waals surface area (Å²) < 4.78 is 27.1. The van der Waals surface area contributed by atoms with Gasteiger partial charge in [-0.25, -0.2) is 17.8 Å². The van der Waals surface area contributed by atoms with Crippen molar-refractivity contribution >= 4 is 27.5 Å². The van der Waals surface area contributed by atoms with E-state index in [4.69, 9.17) is 11.6 Å². The van der Waals surface area contributed by atoms with Crippen LogP contribution in [0.1, 0.15) is 16.1 Å². The molecule has 0 atom stereocenters. The van der Waals surface area contributed by atoms with E-state index in [-0.39, 0.29) is 17.1 Å². The highest BCUT2D eigenvalue weighted by Gasteiger charge is 2.13. The van der Waals surface area contributed by atoms with Gasteiger partial charge >= 0.3 is 0 Å². The Morgan fingerprint density at radius 2 is 1.85 bits per heavy atom. The third kappa shape index (κ3) is 4.33. The summed E-state index contributed by atoms with van der Waals surface area (Å²) in [4.78, 5) is 12.4. The number of rotatable bonds is 6. The molecule has 1 heterocycles. The second kappa shape index (κ2) is 7.87. The van der Waals surface area contributed by atoms with Crippen LogP contribution in [0, 0.1) is 0 Å². The van der Waals surface area contributed by atoms with Gasteiger partial charge in [0.05, 0.1) is 21.8 Å². The topological polar surface area (TPSA) is 106 Å². The molecular weight excluding hydrogens is 390 g/mol. The van der Waals surface area contributed by atoms with Gasteiger partial charge in [0.2, 0.25) is 10.0 Å². The third-order valence-corrected chi connectivity index (χ3v) is 5.53. The van der Waals surface area contributed by atoms with Gasteiger partial charge in [-0.2, -0.15) is 0 Å². The fraction of sp³-hybridized carbons (Fsp3) is 0.118. The van der Waals surface area contributed by atoms with Gasteiger partial charge in [-0.05, 0) is 36.9 Å². The van der Waals surface area contributed by atoms with Crippen molar-refractivity contribution in [2.24, 2.45) is 0 Å². The first-order valence-electron chi connectivity index (χ1n) is 7.88. The first kappa shape index (κ1) is 19.0. The molecule has 0 fully saturated rings. The normalized spacial score (nSPS) is 11.3. The molecule has 8 nitrogen and oxygen atoms in total. The van der Waals surface area contributed by atoms with Crippen LogP contribution in [0.5, 0.6) is 0 Å². The largest absolute Gasteiger partial charge is 0.347 e. The molecule has 0 spiro atoms. The Hall–Kier alpha value is -2.75. The second-order valence-corrected chi connectivity index (χ2v) is 7.83. The summed E-state index contributed by atoms with van der Waals surface area (Å²) in [5, 5.41) is 11.0. The molecule has 2 aromatic carbocycles. The number of para-hydroxylation sites is 1. The standard InChI is InChI=1S/C17H16ClN5O3S/c1-19-27(25,26)13-8-6-12(7-9-13)10-20-17(24)15-11-23(22-21-15)16-5-3-2-4-14(16)18/h2-9,11,19H,10H2,1H3,(H,20,24). The molecule has 0 saturated carbocycles. The molecule has 1 amide bonds. The molecule has 0 aliphatic carbocycles. The predicted octanol–water partition coefficient (Wildman–Crippen LogP) is 1.76. The van der Waals surface area contributed by atoms with Crippen LogP contribution in [-0.4, -0.2) is 36.4 Å². The number of carbonyl (C=O) groups excluding carboxylic acids is 1. The molecule has 0 unspecified atom stereocenters. The molecule has 3 aromatic rings. The highest BCUT2D eigenvalue weighted by atomic mass is 35.5. The van der Waals surface area contributed by atoms with Crippen molar-refractivity contribution in [3.63, 3.8) is 0 Å². The van der Waals surface area contributed by atoms with Crippen molar-refractivity contribution in [1.82, 2.24) is 25.0 Å². The first-order valence-corrected chi connectivity index (χ1v) is 9.75. The minimum atomic E-state index is -3.49. The number of amides is 1. The van der Waals surface area contributed by atoms with E-state index in [0.29, 0.717) is 10.7 Å². The van der Waals surface area contributed by atoms with Crippen LogP contribution in [-0.2, 0) is 16.6 Å². The quantitative estimate of drug-likeness (QED) is 0.650. The summed E-state index contributed by atoms with van der Waals surface area (Å²) in [7, 11) is -2.14. The molecular formula is C17H16ClN5O3S. The Labute approximate surface area is 161 Å². The highest BCUT2D eigenvalue weighted by molar-refractivity contribution is 7.89. The summed E-state index contributed by atoms with van der Waals surface area (Å²) in [6.45, 7) is 0.220. The zero-order chi connectivity index (χ0) is 19.4. The van der Waals surface area contributed by atoms with Crippen molar-refractivity contribution in [2.45, 2.75) is 11.4 Å². The smallest absolute Gasteiger partial charge is 0.273 e. The van der Waals surface area contributed by atoms with Crippen LogP contribution >= 0.6 is 11.6 Å². The average molecular weight is 406 g/mol. The summed E-state index contributed by atoms with van der Waals surface area (Å²) in [6.07, 6.45) is 1.49. The van der Waals surface area contributed by atoms with E-state index in [9.17, 15) is 13.2 Å². The number of carbonyl (C=O) groups is 1. The van der Waals surface area contributed by atoms with E-state index >= 15 is 0 Å². The van der Waals surface area contributed by atoms with Crippen molar-refractivity contribution < 1.29 is 13.2 Å². The lowest BCUT2D eigenvalue weighted by molar-refractivity contribution is 0.0946. The van der Waals surface area contributed by atoms with E-state index in [1.165, 1.54) is 30.1 Å². The van der Waals surface area contributed by atoms with Gasteiger partial charge in [0.1, 0.15) is 0 Å². The Balaban J connectivity index is 1.66. The molecule has 10 heteroatoms. The number of nitrogens with one attached hydrogen (secondary N) is 2. The first-order chi connectivity index (χ1) is 12.9. The summed E-state index contributed by atoms with van der Waals surface area (Å²) in [5.41, 5.74) is 1.51. The molecule has 27 heavy (non-hydrogen) atoms. The molecule has 0 saturated heterocycles. The van der Waals surface area contributed by atoms with Crippen LogP contribution in [0.15, 0.2) is 59.6 Å². The summed E-state index contributed by atoms with van der Waals surface area (Å²) >= 11 is 6.11. The lowest BCUT2D eigenvalue weighted by Crippen LogP contribution is -2.23. The monoisotopic (exact) mass is 405 g/mol. The number of benzene rings is 2. The zero-order valence-corrected chi connectivity index (χ0v) is 15.8. The number of hydrogen-bond acceptors (Lipinski definition) is 5. The SMILES string of the molecule is CNS(=O)(=O)c1ccc(CNC(=O)c2cn(-c3ccccc3Cl)nn2)cc1. The number of nitrogens with zero attached hydrogens (tertiary/aromatic N) is 3. The number of hydrogen-bond donors (Lipinski definition) is 2. The Morgan fingerprint density at radius 3 is 2.52 bits per heavy atom. The van der Waals surface area contributed by atoms with Gasteiger partial charge in [-0.3, -0.25) is 4.79 Å². The van der Waals surface area contributed by atoms with Gasteiger partial charge in [-0.1, -0.05) is 41.1 Å². The van der Waals surface area contributed by atoms with E-state index in [0.717, 1.165) is 5.56 Å². The Bertz CT molecular complexity index is 1060. The van der Waals surface area contributed by atoms with Crippen LogP contribution in [0.2, 0.25) is 5.02 Å².